The van der Waals surface area contributed by atoms with Crippen LogP contribution >= 0.6 is 27.3 Å². The maximum atomic E-state index is 3.61. The van der Waals surface area contributed by atoms with Gasteiger partial charge in [0.1, 0.15) is 0 Å². The molecule has 1 N–H and O–H groups in total. The molecule has 1 heterocycles. The van der Waals surface area contributed by atoms with E-state index in [1.165, 1.54) is 14.2 Å². The number of rotatable bonds is 4. The van der Waals surface area contributed by atoms with Gasteiger partial charge >= 0.3 is 0 Å². The van der Waals surface area contributed by atoms with Crippen molar-refractivity contribution in [1.82, 2.24) is 5.32 Å². The van der Waals surface area contributed by atoms with E-state index in [4.69, 9.17) is 0 Å². The Kier molecular flexibility index (Phi) is 4.84. The molecule has 17 heavy (non-hydrogen) atoms. The van der Waals surface area contributed by atoms with Crippen LogP contribution in [0.3, 0.4) is 0 Å². The van der Waals surface area contributed by atoms with E-state index in [1.54, 1.807) is 0 Å². The van der Waals surface area contributed by atoms with E-state index in [-0.39, 0.29) is 11.0 Å². The Bertz CT molecular complexity index is 355. The van der Waals surface area contributed by atoms with Crippen molar-refractivity contribution in [3.63, 3.8) is 0 Å². The van der Waals surface area contributed by atoms with Crippen molar-refractivity contribution in [3.05, 3.63) is 20.3 Å². The monoisotopic (exact) mass is 317 g/mol. The molecule has 0 unspecified atom stereocenters. The van der Waals surface area contributed by atoms with Crippen molar-refractivity contribution < 1.29 is 0 Å². The van der Waals surface area contributed by atoms with Crippen LogP contribution in [0.1, 0.15) is 51.5 Å². The third-order valence-electron chi connectivity index (χ3n) is 2.93. The van der Waals surface area contributed by atoms with Gasteiger partial charge in [0.25, 0.3) is 0 Å². The lowest BCUT2D eigenvalue weighted by atomic mass is 9.87. The van der Waals surface area contributed by atoms with Crippen molar-refractivity contribution in [2.45, 2.75) is 58.9 Å². The highest BCUT2D eigenvalue weighted by molar-refractivity contribution is 9.11. The van der Waals surface area contributed by atoms with E-state index in [9.17, 15) is 0 Å². The van der Waals surface area contributed by atoms with Crippen LogP contribution in [0, 0.1) is 6.92 Å². The second-order valence-electron chi connectivity index (χ2n) is 6.38. The third kappa shape index (κ3) is 4.72. The van der Waals surface area contributed by atoms with E-state index in [1.807, 2.05) is 11.3 Å². The number of hydrogen-bond acceptors (Lipinski definition) is 2. The van der Waals surface area contributed by atoms with Gasteiger partial charge in [0.2, 0.25) is 0 Å². The Balaban J connectivity index is 2.62. The zero-order valence-electron chi connectivity index (χ0n) is 11.8. The summed E-state index contributed by atoms with van der Waals surface area (Å²) >= 11 is 5.48. The highest BCUT2D eigenvalue weighted by Crippen LogP contribution is 2.37. The fourth-order valence-electron chi connectivity index (χ4n) is 1.67. The lowest BCUT2D eigenvalue weighted by Crippen LogP contribution is -2.38. The average molecular weight is 318 g/mol. The molecule has 1 aromatic rings. The molecule has 0 saturated heterocycles. The molecule has 0 radical (unpaired) electrons. The van der Waals surface area contributed by atoms with Crippen LogP contribution in [0.2, 0.25) is 0 Å². The summed E-state index contributed by atoms with van der Waals surface area (Å²) in [5.74, 6) is 0. The molecule has 98 valence electrons. The van der Waals surface area contributed by atoms with E-state index in [0.717, 1.165) is 13.0 Å². The van der Waals surface area contributed by atoms with E-state index in [0.29, 0.717) is 0 Å². The zero-order valence-corrected chi connectivity index (χ0v) is 14.2. The van der Waals surface area contributed by atoms with Crippen LogP contribution in [0.15, 0.2) is 9.85 Å². The maximum Gasteiger partial charge on any atom is 0.0730 e. The van der Waals surface area contributed by atoms with Gasteiger partial charge < -0.3 is 5.32 Å². The summed E-state index contributed by atoms with van der Waals surface area (Å²) in [6.45, 7) is 14.5. The molecular formula is C14H24BrNS. The summed E-state index contributed by atoms with van der Waals surface area (Å²) in [5.41, 5.74) is 1.81. The number of aryl methyl sites for hydroxylation is 1. The van der Waals surface area contributed by atoms with Gasteiger partial charge in [0.05, 0.1) is 3.79 Å². The molecule has 0 aliphatic heterocycles. The van der Waals surface area contributed by atoms with Crippen LogP contribution in [0.25, 0.3) is 0 Å². The molecule has 1 nitrogen and oxygen atoms in total. The van der Waals surface area contributed by atoms with Gasteiger partial charge in [-0.1, -0.05) is 13.8 Å². The Hall–Kier alpha value is 0.140. The second kappa shape index (κ2) is 5.41. The van der Waals surface area contributed by atoms with E-state index < -0.39 is 0 Å². The molecule has 0 fully saturated rings. The van der Waals surface area contributed by atoms with Crippen molar-refractivity contribution in [2.75, 3.05) is 6.54 Å². The molecule has 0 spiro atoms. The lowest BCUT2D eigenvalue weighted by molar-refractivity contribution is 0.382. The standard InChI is InChI=1S/C14H24BrNS/c1-10-9-11(17-12(10)15)14(5,6)7-8-16-13(2,3)4/h9,16H,7-8H2,1-6H3. The van der Waals surface area contributed by atoms with Gasteiger partial charge in [0.15, 0.2) is 0 Å². The molecule has 0 aliphatic rings. The first-order chi connectivity index (χ1) is 7.62. The van der Waals surface area contributed by atoms with Gasteiger partial charge in [-0.15, -0.1) is 11.3 Å². The summed E-state index contributed by atoms with van der Waals surface area (Å²) in [7, 11) is 0. The normalized spacial score (nSPS) is 13.1. The van der Waals surface area contributed by atoms with Crippen LogP contribution in [0.5, 0.6) is 0 Å². The van der Waals surface area contributed by atoms with Crippen LogP contribution in [-0.2, 0) is 5.41 Å². The Morgan fingerprint density at radius 2 is 1.82 bits per heavy atom. The quantitative estimate of drug-likeness (QED) is 0.835. The van der Waals surface area contributed by atoms with Gasteiger partial charge in [-0.25, -0.2) is 0 Å². The van der Waals surface area contributed by atoms with Crippen molar-refractivity contribution >= 4 is 27.3 Å². The van der Waals surface area contributed by atoms with Crippen LogP contribution in [0.4, 0.5) is 0 Å². The predicted molar refractivity (Wildman–Crippen MR) is 82.2 cm³/mol. The SMILES string of the molecule is Cc1cc(C(C)(C)CCNC(C)(C)C)sc1Br. The molecule has 0 amide bonds. The third-order valence-corrected chi connectivity index (χ3v) is 5.43. The summed E-state index contributed by atoms with van der Waals surface area (Å²) in [4.78, 5) is 1.47. The van der Waals surface area contributed by atoms with Crippen molar-refractivity contribution in [2.24, 2.45) is 0 Å². The van der Waals surface area contributed by atoms with Crippen LogP contribution in [-0.4, -0.2) is 12.1 Å². The first-order valence-electron chi connectivity index (χ1n) is 6.13. The van der Waals surface area contributed by atoms with Gasteiger partial charge in [-0.3, -0.25) is 0 Å². The number of thiophene rings is 1. The maximum absolute atomic E-state index is 3.61. The number of nitrogens with one attached hydrogen (secondary N) is 1. The number of halogens is 1. The summed E-state index contributed by atoms with van der Waals surface area (Å²) in [6.07, 6.45) is 1.16. The minimum absolute atomic E-state index is 0.210. The summed E-state index contributed by atoms with van der Waals surface area (Å²) in [6, 6.07) is 2.31. The molecule has 0 bridgehead atoms. The largest absolute Gasteiger partial charge is 0.312 e. The molecule has 0 aromatic carbocycles. The minimum Gasteiger partial charge on any atom is -0.312 e. The lowest BCUT2D eigenvalue weighted by Gasteiger charge is -2.27. The fraction of sp³-hybridized carbons (Fsp3) is 0.714. The second-order valence-corrected chi connectivity index (χ2v) is 8.75. The molecule has 1 aromatic heterocycles. The molecule has 0 saturated carbocycles. The Morgan fingerprint density at radius 3 is 2.24 bits per heavy atom. The Morgan fingerprint density at radius 1 is 1.24 bits per heavy atom. The molecule has 3 heteroatoms. The molecule has 0 aliphatic carbocycles. The van der Waals surface area contributed by atoms with E-state index >= 15 is 0 Å². The molecule has 1 rings (SSSR count). The first-order valence-corrected chi connectivity index (χ1v) is 7.74. The van der Waals surface area contributed by atoms with E-state index in [2.05, 4.69) is 68.9 Å². The zero-order chi connectivity index (χ0) is 13.3. The smallest absolute Gasteiger partial charge is 0.0730 e. The predicted octanol–water partition coefficient (Wildman–Crippen LogP) is 4.87. The molecular weight excluding hydrogens is 294 g/mol. The highest BCUT2D eigenvalue weighted by Gasteiger charge is 2.23. The number of hydrogen-bond donors (Lipinski definition) is 1. The summed E-state index contributed by atoms with van der Waals surface area (Å²) < 4.78 is 1.27. The van der Waals surface area contributed by atoms with Crippen molar-refractivity contribution in [3.8, 4) is 0 Å². The topological polar surface area (TPSA) is 12.0 Å². The fourth-order valence-corrected chi connectivity index (χ4v) is 3.33. The summed E-state index contributed by atoms with van der Waals surface area (Å²) in [5, 5.41) is 3.56. The Labute approximate surface area is 118 Å². The highest BCUT2D eigenvalue weighted by atomic mass is 79.9. The van der Waals surface area contributed by atoms with Crippen LogP contribution < -0.4 is 5.32 Å². The van der Waals surface area contributed by atoms with Crippen molar-refractivity contribution in [1.29, 1.82) is 0 Å². The first kappa shape index (κ1) is 15.2. The molecule has 0 atom stereocenters. The van der Waals surface area contributed by atoms with Gasteiger partial charge in [-0.05, 0) is 68.2 Å². The van der Waals surface area contributed by atoms with Gasteiger partial charge in [-0.2, -0.15) is 0 Å². The average Bonchev–Trinajstić information content (AvgIpc) is 2.45. The minimum atomic E-state index is 0.210. The van der Waals surface area contributed by atoms with Gasteiger partial charge in [0, 0.05) is 15.8 Å².